The van der Waals surface area contributed by atoms with E-state index in [0.717, 1.165) is 11.8 Å². The van der Waals surface area contributed by atoms with Crippen molar-refractivity contribution in [2.45, 2.75) is 0 Å². The Balaban J connectivity index is 2.17. The number of nitro groups is 1. The molecule has 1 aromatic rings. The van der Waals surface area contributed by atoms with Gasteiger partial charge in [0.2, 0.25) is 5.12 Å². The summed E-state index contributed by atoms with van der Waals surface area (Å²) in [5.41, 5.74) is 0.223. The molecular formula is C11H8N2O4S2. The molecule has 0 saturated carbocycles. The summed E-state index contributed by atoms with van der Waals surface area (Å²) in [7, 11) is 0. The highest BCUT2D eigenvalue weighted by atomic mass is 32.2. The van der Waals surface area contributed by atoms with Gasteiger partial charge in [-0.3, -0.25) is 14.9 Å². The van der Waals surface area contributed by atoms with Gasteiger partial charge in [0.1, 0.15) is 20.8 Å². The molecule has 19 heavy (non-hydrogen) atoms. The number of hydrogen-bond donors (Lipinski definition) is 0. The standard InChI is InChI=1S/C11H8N2O4S2/c1-2-5-18-11-12-8(10(14)19-11)6-7-3-4-9(17-7)13(15)16/h2-4,6H,1,5H2/b8-6-. The van der Waals surface area contributed by atoms with Crippen molar-refractivity contribution in [3.05, 3.63) is 46.4 Å². The van der Waals surface area contributed by atoms with E-state index in [1.165, 1.54) is 30.0 Å². The highest BCUT2D eigenvalue weighted by Gasteiger charge is 2.23. The summed E-state index contributed by atoms with van der Waals surface area (Å²) < 4.78 is 5.58. The monoisotopic (exact) mass is 296 g/mol. The summed E-state index contributed by atoms with van der Waals surface area (Å²) in [5.74, 6) is 0.531. The van der Waals surface area contributed by atoms with Gasteiger partial charge in [-0.15, -0.1) is 6.58 Å². The molecule has 0 fully saturated rings. The Bertz CT molecular complexity index is 604. The van der Waals surface area contributed by atoms with Crippen LogP contribution < -0.4 is 0 Å². The van der Waals surface area contributed by atoms with Crippen LogP contribution in [-0.2, 0) is 4.79 Å². The van der Waals surface area contributed by atoms with Crippen molar-refractivity contribution < 1.29 is 14.1 Å². The van der Waals surface area contributed by atoms with E-state index in [4.69, 9.17) is 4.42 Å². The lowest BCUT2D eigenvalue weighted by atomic mass is 10.3. The van der Waals surface area contributed by atoms with E-state index in [-0.39, 0.29) is 22.5 Å². The molecule has 0 radical (unpaired) electrons. The first kappa shape index (κ1) is 13.6. The zero-order valence-corrected chi connectivity index (χ0v) is 11.2. The summed E-state index contributed by atoms with van der Waals surface area (Å²) in [6.07, 6.45) is 3.11. The Labute approximate surface area is 116 Å². The first-order chi connectivity index (χ1) is 9.10. The van der Waals surface area contributed by atoms with Crippen LogP contribution in [0.4, 0.5) is 5.88 Å². The minimum absolute atomic E-state index is 0.203. The highest BCUT2D eigenvalue weighted by Crippen LogP contribution is 2.31. The van der Waals surface area contributed by atoms with Gasteiger partial charge in [0, 0.05) is 11.8 Å². The Morgan fingerprint density at radius 3 is 3.00 bits per heavy atom. The van der Waals surface area contributed by atoms with Gasteiger partial charge in [0.25, 0.3) is 0 Å². The van der Waals surface area contributed by atoms with Crippen LogP contribution in [0.3, 0.4) is 0 Å². The molecule has 98 valence electrons. The van der Waals surface area contributed by atoms with E-state index in [9.17, 15) is 14.9 Å². The summed E-state index contributed by atoms with van der Waals surface area (Å²) in [4.78, 5) is 25.6. The fourth-order valence-corrected chi connectivity index (χ4v) is 2.84. The summed E-state index contributed by atoms with van der Waals surface area (Å²) >= 11 is 2.43. The molecular weight excluding hydrogens is 288 g/mol. The van der Waals surface area contributed by atoms with Crippen LogP contribution in [0.25, 0.3) is 6.08 Å². The predicted octanol–water partition coefficient (Wildman–Crippen LogP) is 3.08. The van der Waals surface area contributed by atoms with E-state index in [1.807, 2.05) is 0 Å². The van der Waals surface area contributed by atoms with Crippen molar-refractivity contribution in [2.75, 3.05) is 5.75 Å². The van der Waals surface area contributed by atoms with Crippen molar-refractivity contribution >= 4 is 45.0 Å². The van der Waals surface area contributed by atoms with Gasteiger partial charge in [-0.2, -0.15) is 0 Å². The summed E-state index contributed by atoms with van der Waals surface area (Å²) in [5, 5.41) is 10.3. The molecule has 1 aromatic heterocycles. The zero-order chi connectivity index (χ0) is 13.8. The van der Waals surface area contributed by atoms with Gasteiger partial charge >= 0.3 is 5.88 Å². The van der Waals surface area contributed by atoms with E-state index < -0.39 is 4.92 Å². The maximum Gasteiger partial charge on any atom is 0.433 e. The molecule has 0 unspecified atom stereocenters. The highest BCUT2D eigenvalue weighted by molar-refractivity contribution is 8.45. The number of thioether (sulfide) groups is 2. The molecule has 0 aromatic carbocycles. The number of aliphatic imine (C=N–C) groups is 1. The van der Waals surface area contributed by atoms with Crippen molar-refractivity contribution in [2.24, 2.45) is 4.99 Å². The van der Waals surface area contributed by atoms with Crippen molar-refractivity contribution in [3.8, 4) is 0 Å². The van der Waals surface area contributed by atoms with Crippen molar-refractivity contribution in [3.63, 3.8) is 0 Å². The van der Waals surface area contributed by atoms with E-state index in [0.29, 0.717) is 10.1 Å². The summed E-state index contributed by atoms with van der Waals surface area (Å²) in [6.45, 7) is 3.58. The molecule has 8 heteroatoms. The average Bonchev–Trinajstić information content (AvgIpc) is 2.95. The van der Waals surface area contributed by atoms with Gasteiger partial charge in [-0.1, -0.05) is 17.8 Å². The fourth-order valence-electron chi connectivity index (χ4n) is 1.23. The molecule has 0 saturated heterocycles. The Morgan fingerprint density at radius 2 is 2.37 bits per heavy atom. The largest absolute Gasteiger partial charge is 0.433 e. The van der Waals surface area contributed by atoms with Gasteiger partial charge < -0.3 is 4.42 Å². The molecule has 0 bridgehead atoms. The summed E-state index contributed by atoms with van der Waals surface area (Å²) in [6, 6.07) is 2.66. The molecule has 1 aliphatic rings. The van der Waals surface area contributed by atoms with E-state index >= 15 is 0 Å². The Kier molecular flexibility index (Phi) is 4.23. The van der Waals surface area contributed by atoms with Gasteiger partial charge in [-0.25, -0.2) is 4.99 Å². The molecule has 1 aliphatic heterocycles. The lowest BCUT2D eigenvalue weighted by molar-refractivity contribution is -0.402. The molecule has 0 N–H and O–H groups in total. The second-order valence-electron chi connectivity index (χ2n) is 3.33. The molecule has 0 aliphatic carbocycles. The van der Waals surface area contributed by atoms with E-state index in [1.54, 1.807) is 6.08 Å². The third-order valence-corrected chi connectivity index (χ3v) is 4.00. The lowest BCUT2D eigenvalue weighted by Crippen LogP contribution is -1.87. The van der Waals surface area contributed by atoms with Crippen LogP contribution in [0, 0.1) is 10.1 Å². The third-order valence-electron chi connectivity index (χ3n) is 2.00. The quantitative estimate of drug-likeness (QED) is 0.367. The normalized spacial score (nSPS) is 16.7. The van der Waals surface area contributed by atoms with Crippen LogP contribution in [0.15, 0.2) is 39.9 Å². The van der Waals surface area contributed by atoms with Crippen molar-refractivity contribution in [1.29, 1.82) is 0 Å². The van der Waals surface area contributed by atoms with Crippen LogP contribution >= 0.6 is 23.5 Å². The molecule has 0 atom stereocenters. The molecule has 0 amide bonds. The second-order valence-corrected chi connectivity index (χ2v) is 5.56. The maximum absolute atomic E-state index is 11.7. The van der Waals surface area contributed by atoms with Crippen LogP contribution in [0.5, 0.6) is 0 Å². The molecule has 2 heterocycles. The smallest absolute Gasteiger partial charge is 0.401 e. The fraction of sp³-hybridized carbons (Fsp3) is 0.0909. The zero-order valence-electron chi connectivity index (χ0n) is 9.57. The van der Waals surface area contributed by atoms with Crippen LogP contribution in [0.2, 0.25) is 0 Å². The minimum Gasteiger partial charge on any atom is -0.401 e. The maximum atomic E-state index is 11.7. The Hall–Kier alpha value is -1.80. The lowest BCUT2D eigenvalue weighted by Gasteiger charge is -1.90. The number of rotatable bonds is 4. The van der Waals surface area contributed by atoms with Crippen molar-refractivity contribution in [1.82, 2.24) is 0 Å². The number of carbonyl (C=O) groups excluding carboxylic acids is 1. The van der Waals surface area contributed by atoms with Gasteiger partial charge in [0.15, 0.2) is 0 Å². The van der Waals surface area contributed by atoms with Crippen LogP contribution in [-0.4, -0.2) is 20.2 Å². The second kappa shape index (κ2) is 5.89. The number of carbonyl (C=O) groups is 1. The average molecular weight is 296 g/mol. The molecule has 2 rings (SSSR count). The van der Waals surface area contributed by atoms with E-state index in [2.05, 4.69) is 11.6 Å². The molecule has 0 spiro atoms. The van der Waals surface area contributed by atoms with Gasteiger partial charge in [0.05, 0.1) is 6.07 Å². The number of furan rings is 1. The number of nitrogens with zero attached hydrogens (tertiary/aromatic N) is 2. The topological polar surface area (TPSA) is 85.7 Å². The third kappa shape index (κ3) is 3.36. The number of hydrogen-bond acceptors (Lipinski definition) is 7. The van der Waals surface area contributed by atoms with Crippen LogP contribution in [0.1, 0.15) is 5.76 Å². The Morgan fingerprint density at radius 1 is 1.58 bits per heavy atom. The van der Waals surface area contributed by atoms with Gasteiger partial charge in [-0.05, 0) is 17.8 Å². The molecule has 6 nitrogen and oxygen atoms in total. The predicted molar refractivity (Wildman–Crippen MR) is 76.0 cm³/mol. The first-order valence-electron chi connectivity index (χ1n) is 5.10. The first-order valence-corrected chi connectivity index (χ1v) is 6.91. The SMILES string of the molecule is C=CCSC1=N/C(=C\c2ccc([N+](=O)[O-])o2)C(=O)S1. The minimum atomic E-state index is -0.637.